The lowest BCUT2D eigenvalue weighted by molar-refractivity contribution is 0.515. The second-order valence-corrected chi connectivity index (χ2v) is 4.99. The summed E-state index contributed by atoms with van der Waals surface area (Å²) in [6.07, 6.45) is 6.75. The molecule has 1 aliphatic carbocycles. The van der Waals surface area contributed by atoms with Gasteiger partial charge in [0.05, 0.1) is 0 Å². The standard InChI is InChI=1S/C10H15N3S/c11-9-6-7-10(13-12-9)14-8-4-2-1-3-5-8/h6-8H,1-5H2,(H2,11,12). The maximum Gasteiger partial charge on any atom is 0.146 e. The molecule has 0 bridgehead atoms. The molecule has 2 N–H and O–H groups in total. The van der Waals surface area contributed by atoms with Crippen LogP contribution in [-0.4, -0.2) is 15.4 Å². The van der Waals surface area contributed by atoms with E-state index in [1.165, 1.54) is 32.1 Å². The van der Waals surface area contributed by atoms with Gasteiger partial charge in [-0.25, -0.2) is 0 Å². The maximum atomic E-state index is 5.48. The van der Waals surface area contributed by atoms with Crippen molar-refractivity contribution in [3.8, 4) is 0 Å². The topological polar surface area (TPSA) is 51.8 Å². The Hall–Kier alpha value is -0.770. The molecule has 0 amide bonds. The zero-order valence-electron chi connectivity index (χ0n) is 8.15. The van der Waals surface area contributed by atoms with Gasteiger partial charge in [-0.2, -0.15) is 0 Å². The van der Waals surface area contributed by atoms with Crippen molar-refractivity contribution in [2.24, 2.45) is 0 Å². The van der Waals surface area contributed by atoms with Crippen LogP contribution in [0.15, 0.2) is 17.2 Å². The summed E-state index contributed by atoms with van der Waals surface area (Å²) in [4.78, 5) is 0. The fourth-order valence-corrected chi connectivity index (χ4v) is 2.89. The SMILES string of the molecule is Nc1ccc(SC2CCCCC2)nn1. The quantitative estimate of drug-likeness (QED) is 0.813. The lowest BCUT2D eigenvalue weighted by Gasteiger charge is -2.19. The van der Waals surface area contributed by atoms with Gasteiger partial charge in [-0.3, -0.25) is 0 Å². The summed E-state index contributed by atoms with van der Waals surface area (Å²) in [6.45, 7) is 0. The average Bonchev–Trinajstić information content (AvgIpc) is 2.23. The minimum absolute atomic E-state index is 0.498. The van der Waals surface area contributed by atoms with Crippen molar-refractivity contribution in [1.29, 1.82) is 0 Å². The Labute approximate surface area is 88.5 Å². The molecule has 1 aliphatic rings. The van der Waals surface area contributed by atoms with Crippen LogP contribution in [0.3, 0.4) is 0 Å². The fourth-order valence-electron chi connectivity index (χ4n) is 1.75. The van der Waals surface area contributed by atoms with Gasteiger partial charge in [0.25, 0.3) is 0 Å². The molecule has 0 saturated heterocycles. The third-order valence-electron chi connectivity index (χ3n) is 2.50. The molecule has 2 rings (SSSR count). The molecule has 0 aliphatic heterocycles. The predicted molar refractivity (Wildman–Crippen MR) is 59.2 cm³/mol. The predicted octanol–water partition coefficient (Wildman–Crippen LogP) is 2.48. The normalized spacial score (nSPS) is 18.3. The summed E-state index contributed by atoms with van der Waals surface area (Å²) in [5.41, 5.74) is 5.48. The van der Waals surface area contributed by atoms with Gasteiger partial charge < -0.3 is 5.73 Å². The number of aromatic nitrogens is 2. The lowest BCUT2D eigenvalue weighted by atomic mass is 10.0. The van der Waals surface area contributed by atoms with Gasteiger partial charge in [-0.15, -0.1) is 22.0 Å². The van der Waals surface area contributed by atoms with Crippen molar-refractivity contribution in [3.05, 3.63) is 12.1 Å². The molecule has 1 saturated carbocycles. The van der Waals surface area contributed by atoms with Gasteiger partial charge in [0.2, 0.25) is 0 Å². The number of nitrogens with zero attached hydrogens (tertiary/aromatic N) is 2. The molecule has 14 heavy (non-hydrogen) atoms. The van der Waals surface area contributed by atoms with Crippen LogP contribution in [0.4, 0.5) is 5.82 Å². The highest BCUT2D eigenvalue weighted by Crippen LogP contribution is 2.32. The summed E-state index contributed by atoms with van der Waals surface area (Å²) in [5.74, 6) is 0.498. The molecule has 76 valence electrons. The fraction of sp³-hybridized carbons (Fsp3) is 0.600. The van der Waals surface area contributed by atoms with Crippen LogP contribution in [0.25, 0.3) is 0 Å². The van der Waals surface area contributed by atoms with Gasteiger partial charge in [-0.1, -0.05) is 19.3 Å². The number of anilines is 1. The first-order valence-electron chi connectivity index (χ1n) is 5.10. The molecule has 1 heterocycles. The number of hydrogen-bond acceptors (Lipinski definition) is 4. The van der Waals surface area contributed by atoms with Crippen LogP contribution in [0, 0.1) is 0 Å². The highest BCUT2D eigenvalue weighted by Gasteiger charge is 2.15. The van der Waals surface area contributed by atoms with E-state index in [4.69, 9.17) is 5.73 Å². The Bertz CT molecular complexity index is 280. The second kappa shape index (κ2) is 4.64. The van der Waals surface area contributed by atoms with Crippen molar-refractivity contribution in [3.63, 3.8) is 0 Å². The van der Waals surface area contributed by atoms with E-state index in [-0.39, 0.29) is 0 Å². The van der Waals surface area contributed by atoms with E-state index in [0.717, 1.165) is 10.3 Å². The molecule has 0 aromatic carbocycles. The van der Waals surface area contributed by atoms with Gasteiger partial charge >= 0.3 is 0 Å². The van der Waals surface area contributed by atoms with Crippen molar-refractivity contribution < 1.29 is 0 Å². The zero-order chi connectivity index (χ0) is 9.80. The monoisotopic (exact) mass is 209 g/mol. The summed E-state index contributed by atoms with van der Waals surface area (Å²) < 4.78 is 0. The van der Waals surface area contributed by atoms with Crippen LogP contribution >= 0.6 is 11.8 Å². The highest BCUT2D eigenvalue weighted by molar-refractivity contribution is 7.99. The largest absolute Gasteiger partial charge is 0.382 e. The number of nitrogen functional groups attached to an aromatic ring is 1. The van der Waals surface area contributed by atoms with Crippen molar-refractivity contribution in [1.82, 2.24) is 10.2 Å². The molecule has 0 radical (unpaired) electrons. The average molecular weight is 209 g/mol. The van der Waals surface area contributed by atoms with E-state index in [1.54, 1.807) is 0 Å². The van der Waals surface area contributed by atoms with Gasteiger partial charge in [0, 0.05) is 5.25 Å². The number of rotatable bonds is 2. The molecule has 1 aromatic rings. The van der Waals surface area contributed by atoms with Crippen LogP contribution in [0.1, 0.15) is 32.1 Å². The third kappa shape index (κ3) is 2.61. The van der Waals surface area contributed by atoms with Crippen LogP contribution in [-0.2, 0) is 0 Å². The first kappa shape index (κ1) is 9.77. The summed E-state index contributed by atoms with van der Waals surface area (Å²) in [7, 11) is 0. The molecule has 1 fully saturated rings. The first-order valence-corrected chi connectivity index (χ1v) is 5.98. The van der Waals surface area contributed by atoms with Crippen molar-refractivity contribution >= 4 is 17.6 Å². The molecule has 3 nitrogen and oxygen atoms in total. The van der Waals surface area contributed by atoms with Crippen molar-refractivity contribution in [2.45, 2.75) is 42.4 Å². The molecule has 1 aromatic heterocycles. The summed E-state index contributed by atoms with van der Waals surface area (Å²) >= 11 is 1.84. The van der Waals surface area contributed by atoms with Crippen LogP contribution in [0.5, 0.6) is 0 Å². The van der Waals surface area contributed by atoms with E-state index in [2.05, 4.69) is 10.2 Å². The van der Waals surface area contributed by atoms with E-state index in [1.807, 2.05) is 23.9 Å². The van der Waals surface area contributed by atoms with Gasteiger partial charge in [-0.05, 0) is 25.0 Å². The Balaban J connectivity index is 1.92. The van der Waals surface area contributed by atoms with Crippen LogP contribution in [0.2, 0.25) is 0 Å². The third-order valence-corrected chi connectivity index (χ3v) is 3.76. The minimum atomic E-state index is 0.498. The van der Waals surface area contributed by atoms with E-state index < -0.39 is 0 Å². The molecule has 0 spiro atoms. The van der Waals surface area contributed by atoms with Gasteiger partial charge in [0.1, 0.15) is 10.8 Å². The number of nitrogens with two attached hydrogens (primary N) is 1. The van der Waals surface area contributed by atoms with E-state index >= 15 is 0 Å². The van der Waals surface area contributed by atoms with Gasteiger partial charge in [0.15, 0.2) is 0 Å². The first-order chi connectivity index (χ1) is 6.84. The number of thioether (sulfide) groups is 1. The highest BCUT2D eigenvalue weighted by atomic mass is 32.2. The Morgan fingerprint density at radius 2 is 1.93 bits per heavy atom. The zero-order valence-corrected chi connectivity index (χ0v) is 8.96. The van der Waals surface area contributed by atoms with Crippen molar-refractivity contribution in [2.75, 3.05) is 5.73 Å². The summed E-state index contributed by atoms with van der Waals surface area (Å²) in [6, 6.07) is 3.78. The second-order valence-electron chi connectivity index (χ2n) is 3.67. The minimum Gasteiger partial charge on any atom is -0.382 e. The Morgan fingerprint density at radius 3 is 2.57 bits per heavy atom. The Morgan fingerprint density at radius 1 is 1.14 bits per heavy atom. The van der Waals surface area contributed by atoms with Crippen LogP contribution < -0.4 is 5.73 Å². The maximum absolute atomic E-state index is 5.48. The lowest BCUT2D eigenvalue weighted by Crippen LogP contribution is -2.08. The number of hydrogen-bond donors (Lipinski definition) is 1. The summed E-state index contributed by atoms with van der Waals surface area (Å²) in [5, 5.41) is 9.66. The molecule has 0 unspecified atom stereocenters. The molecule has 4 heteroatoms. The molecular formula is C10H15N3S. The van der Waals surface area contributed by atoms with E-state index in [0.29, 0.717) is 5.82 Å². The molecule has 0 atom stereocenters. The smallest absolute Gasteiger partial charge is 0.146 e. The molecular weight excluding hydrogens is 194 g/mol. The van der Waals surface area contributed by atoms with E-state index in [9.17, 15) is 0 Å². The Kier molecular flexibility index (Phi) is 3.24.